The van der Waals surface area contributed by atoms with Gasteiger partial charge in [-0.15, -0.1) is 0 Å². The van der Waals surface area contributed by atoms with Gasteiger partial charge >= 0.3 is 0 Å². The van der Waals surface area contributed by atoms with Gasteiger partial charge in [-0.25, -0.2) is 0 Å². The molecule has 2 nitrogen and oxygen atoms in total. The van der Waals surface area contributed by atoms with Crippen molar-refractivity contribution in [2.24, 2.45) is 11.7 Å². The van der Waals surface area contributed by atoms with Crippen LogP contribution in [0.5, 0.6) is 0 Å². The summed E-state index contributed by atoms with van der Waals surface area (Å²) in [4.78, 5) is 11.5. The third-order valence-electron chi connectivity index (χ3n) is 3.31. The van der Waals surface area contributed by atoms with E-state index < -0.39 is 4.32 Å². The summed E-state index contributed by atoms with van der Waals surface area (Å²) in [7, 11) is 0. The molecule has 0 bridgehead atoms. The lowest BCUT2D eigenvalue weighted by molar-refractivity contribution is -0.121. The average Bonchev–Trinajstić information content (AvgIpc) is 2.66. The molecule has 0 aromatic heterocycles. The van der Waals surface area contributed by atoms with E-state index >= 15 is 0 Å². The number of rotatable bonds is 5. The summed E-state index contributed by atoms with van der Waals surface area (Å²) < 4.78 is -0.417. The highest BCUT2D eigenvalue weighted by molar-refractivity contribution is 9.10. The van der Waals surface area contributed by atoms with Crippen molar-refractivity contribution in [1.82, 2.24) is 0 Å². The number of nitrogens with two attached hydrogens (primary N) is 1. The molecule has 0 aliphatic heterocycles. The monoisotopic (exact) mass is 261 g/mol. The molecule has 0 aromatic rings. The molecule has 0 spiro atoms. The Bertz CT molecular complexity index is 201. The highest BCUT2D eigenvalue weighted by atomic mass is 79.9. The highest BCUT2D eigenvalue weighted by Crippen LogP contribution is 2.42. The lowest BCUT2D eigenvalue weighted by Crippen LogP contribution is -2.43. The maximum atomic E-state index is 11.5. The Morgan fingerprint density at radius 2 is 2.07 bits per heavy atom. The lowest BCUT2D eigenvalue weighted by Gasteiger charge is -2.30. The smallest absolute Gasteiger partial charge is 0.234 e. The number of unbranched alkanes of at least 4 members (excludes halogenated alkanes) is 1. The molecular weight excluding hydrogens is 242 g/mol. The second-order valence-electron chi connectivity index (χ2n) is 4.31. The molecule has 0 saturated heterocycles. The fourth-order valence-electron chi connectivity index (χ4n) is 2.35. The fraction of sp³-hybridized carbons (Fsp3) is 0.909. The van der Waals surface area contributed by atoms with Crippen LogP contribution in [0, 0.1) is 5.92 Å². The Hall–Kier alpha value is -0.0500. The van der Waals surface area contributed by atoms with Gasteiger partial charge in [0, 0.05) is 0 Å². The van der Waals surface area contributed by atoms with Gasteiger partial charge in [0.2, 0.25) is 5.91 Å². The molecule has 1 aliphatic carbocycles. The Balaban J connectivity index is 2.64. The van der Waals surface area contributed by atoms with Crippen LogP contribution < -0.4 is 5.73 Å². The summed E-state index contributed by atoms with van der Waals surface area (Å²) in [5, 5.41) is 0. The maximum absolute atomic E-state index is 11.5. The zero-order valence-corrected chi connectivity index (χ0v) is 10.5. The number of hydrogen-bond acceptors (Lipinski definition) is 1. The lowest BCUT2D eigenvalue weighted by atomic mass is 9.86. The molecule has 1 saturated carbocycles. The van der Waals surface area contributed by atoms with Gasteiger partial charge in [0.15, 0.2) is 0 Å². The van der Waals surface area contributed by atoms with Crippen molar-refractivity contribution >= 4 is 21.8 Å². The number of halogens is 1. The van der Waals surface area contributed by atoms with Crippen LogP contribution in [-0.4, -0.2) is 10.2 Å². The van der Waals surface area contributed by atoms with Crippen molar-refractivity contribution in [2.75, 3.05) is 0 Å². The molecule has 1 atom stereocenters. The first-order valence-electron chi connectivity index (χ1n) is 5.60. The third-order valence-corrected chi connectivity index (χ3v) is 4.74. The summed E-state index contributed by atoms with van der Waals surface area (Å²) >= 11 is 3.60. The van der Waals surface area contributed by atoms with Crippen LogP contribution in [0.25, 0.3) is 0 Å². The van der Waals surface area contributed by atoms with Gasteiger partial charge in [-0.05, 0) is 25.2 Å². The zero-order chi connectivity index (χ0) is 10.6. The van der Waals surface area contributed by atoms with E-state index in [4.69, 9.17) is 5.73 Å². The molecule has 1 aliphatic rings. The van der Waals surface area contributed by atoms with E-state index in [1.807, 2.05) is 0 Å². The van der Waals surface area contributed by atoms with Crippen LogP contribution in [0.4, 0.5) is 0 Å². The van der Waals surface area contributed by atoms with Crippen molar-refractivity contribution in [3.05, 3.63) is 0 Å². The van der Waals surface area contributed by atoms with E-state index in [1.165, 1.54) is 12.8 Å². The van der Waals surface area contributed by atoms with E-state index in [0.29, 0.717) is 5.92 Å². The molecule has 3 heteroatoms. The minimum Gasteiger partial charge on any atom is -0.368 e. The molecular formula is C11H20BrNO. The van der Waals surface area contributed by atoms with Gasteiger partial charge in [-0.1, -0.05) is 48.5 Å². The van der Waals surface area contributed by atoms with Crippen LogP contribution >= 0.6 is 15.9 Å². The van der Waals surface area contributed by atoms with Crippen molar-refractivity contribution < 1.29 is 4.79 Å². The van der Waals surface area contributed by atoms with Gasteiger partial charge in [0.1, 0.15) is 4.32 Å². The molecule has 1 unspecified atom stereocenters. The second-order valence-corrected chi connectivity index (χ2v) is 5.73. The molecule has 82 valence electrons. The van der Waals surface area contributed by atoms with E-state index in [0.717, 1.165) is 32.1 Å². The molecule has 14 heavy (non-hydrogen) atoms. The van der Waals surface area contributed by atoms with Crippen molar-refractivity contribution in [2.45, 2.75) is 56.2 Å². The number of amides is 1. The van der Waals surface area contributed by atoms with Gasteiger partial charge in [0.25, 0.3) is 0 Å². The number of hydrogen-bond donors (Lipinski definition) is 1. The first-order chi connectivity index (χ1) is 6.61. The summed E-state index contributed by atoms with van der Waals surface area (Å²) in [5.74, 6) is 0.296. The molecule has 0 heterocycles. The second kappa shape index (κ2) is 5.15. The van der Waals surface area contributed by atoms with Crippen LogP contribution in [0.2, 0.25) is 0 Å². The highest BCUT2D eigenvalue weighted by Gasteiger charge is 2.42. The minimum absolute atomic E-state index is 0.169. The van der Waals surface area contributed by atoms with Crippen molar-refractivity contribution in [3.8, 4) is 0 Å². The average molecular weight is 262 g/mol. The Labute approximate surface area is 94.8 Å². The zero-order valence-electron chi connectivity index (χ0n) is 8.89. The van der Waals surface area contributed by atoms with Gasteiger partial charge in [-0.3, -0.25) is 4.79 Å². The third kappa shape index (κ3) is 2.50. The molecule has 1 rings (SSSR count). The number of carbonyl (C=O) groups excluding carboxylic acids is 1. The van der Waals surface area contributed by atoms with Crippen LogP contribution in [0.3, 0.4) is 0 Å². The maximum Gasteiger partial charge on any atom is 0.234 e. The number of alkyl halides is 1. The topological polar surface area (TPSA) is 43.1 Å². The minimum atomic E-state index is -0.417. The van der Waals surface area contributed by atoms with E-state index in [2.05, 4.69) is 22.9 Å². The van der Waals surface area contributed by atoms with Crippen molar-refractivity contribution in [1.29, 1.82) is 0 Å². The molecule has 1 amide bonds. The van der Waals surface area contributed by atoms with Crippen LogP contribution in [-0.2, 0) is 4.79 Å². The summed E-state index contributed by atoms with van der Waals surface area (Å²) in [6, 6.07) is 0. The van der Waals surface area contributed by atoms with Crippen LogP contribution in [0.15, 0.2) is 0 Å². The predicted molar refractivity (Wildman–Crippen MR) is 62.3 cm³/mol. The quantitative estimate of drug-likeness (QED) is 0.760. The Morgan fingerprint density at radius 3 is 2.50 bits per heavy atom. The van der Waals surface area contributed by atoms with E-state index in [1.54, 1.807) is 0 Å². The Kier molecular flexibility index (Phi) is 4.42. The first kappa shape index (κ1) is 12.0. The van der Waals surface area contributed by atoms with Gasteiger partial charge in [0.05, 0.1) is 0 Å². The normalized spacial score (nSPS) is 22.1. The van der Waals surface area contributed by atoms with E-state index in [9.17, 15) is 4.79 Å². The van der Waals surface area contributed by atoms with Gasteiger partial charge < -0.3 is 5.73 Å². The summed E-state index contributed by atoms with van der Waals surface area (Å²) in [6.45, 7) is 2.14. The molecule has 0 radical (unpaired) electrons. The van der Waals surface area contributed by atoms with E-state index in [-0.39, 0.29) is 5.91 Å². The largest absolute Gasteiger partial charge is 0.368 e. The number of carbonyl (C=O) groups is 1. The fourth-order valence-corrected chi connectivity index (χ4v) is 3.08. The summed E-state index contributed by atoms with van der Waals surface area (Å²) in [6.07, 6.45) is 7.88. The standard InChI is InChI=1S/C11H20BrNO/c1-2-3-8-11(12,10(13)14)9-6-4-5-7-9/h9H,2-8H2,1H3,(H2,13,14). The predicted octanol–water partition coefficient (Wildman–Crippen LogP) is 2.99. The molecule has 0 aromatic carbocycles. The summed E-state index contributed by atoms with van der Waals surface area (Å²) in [5.41, 5.74) is 5.51. The Morgan fingerprint density at radius 1 is 1.50 bits per heavy atom. The van der Waals surface area contributed by atoms with Crippen LogP contribution in [0.1, 0.15) is 51.9 Å². The molecule has 2 N–H and O–H groups in total. The molecule has 1 fully saturated rings. The van der Waals surface area contributed by atoms with Crippen molar-refractivity contribution in [3.63, 3.8) is 0 Å². The van der Waals surface area contributed by atoms with Gasteiger partial charge in [-0.2, -0.15) is 0 Å². The number of primary amides is 1. The first-order valence-corrected chi connectivity index (χ1v) is 6.39. The SMILES string of the molecule is CCCCC(Br)(C(N)=O)C1CCCC1.